The van der Waals surface area contributed by atoms with Crippen molar-refractivity contribution >= 4 is 21.6 Å². The molecule has 0 fully saturated rings. The second-order valence-electron chi connectivity index (χ2n) is 5.98. The maximum absolute atomic E-state index is 12.8. The average molecular weight is 348 g/mol. The van der Waals surface area contributed by atoms with Crippen LogP contribution < -0.4 is 4.90 Å². The lowest BCUT2D eigenvalue weighted by Gasteiger charge is -2.30. The highest BCUT2D eigenvalue weighted by Gasteiger charge is 2.27. The minimum Gasteiger partial charge on any atom is -0.307 e. The van der Waals surface area contributed by atoms with Crippen molar-refractivity contribution in [3.05, 3.63) is 41.7 Å². The largest absolute Gasteiger partial charge is 0.307 e. The summed E-state index contributed by atoms with van der Waals surface area (Å²) in [7, 11) is 1.16. The SMILES string of the molecule is CN(C)S(=O)(=O)c1ccc2c(c1)N(C(=O)c1ccnn1C)CCC2. The highest BCUT2D eigenvalue weighted by molar-refractivity contribution is 7.89. The quantitative estimate of drug-likeness (QED) is 0.837. The number of anilines is 1. The molecule has 0 radical (unpaired) electrons. The molecule has 0 bridgehead atoms. The molecule has 0 unspecified atom stereocenters. The molecule has 0 saturated heterocycles. The number of carbonyl (C=O) groups excluding carboxylic acids is 1. The molecule has 7 nitrogen and oxygen atoms in total. The standard InChI is InChI=1S/C16H20N4O3S/c1-18(2)24(22,23)13-7-6-12-5-4-10-20(15(12)11-13)16(21)14-8-9-17-19(14)3/h6-9,11H,4-5,10H2,1-3H3. The van der Waals surface area contributed by atoms with Gasteiger partial charge in [0.25, 0.3) is 5.91 Å². The predicted octanol–water partition coefficient (Wildman–Crippen LogP) is 1.26. The molecule has 0 N–H and O–H groups in total. The van der Waals surface area contributed by atoms with Gasteiger partial charge in [-0.15, -0.1) is 0 Å². The molecule has 1 aromatic carbocycles. The molecule has 0 spiro atoms. The Kier molecular flexibility index (Phi) is 4.18. The monoisotopic (exact) mass is 348 g/mol. The Balaban J connectivity index is 2.06. The summed E-state index contributed by atoms with van der Waals surface area (Å²) in [5, 5.41) is 4.04. The topological polar surface area (TPSA) is 75.5 Å². The first-order valence-electron chi connectivity index (χ1n) is 7.67. The van der Waals surface area contributed by atoms with E-state index in [-0.39, 0.29) is 10.8 Å². The molecule has 3 rings (SSSR count). The van der Waals surface area contributed by atoms with Gasteiger partial charge in [-0.1, -0.05) is 6.07 Å². The summed E-state index contributed by atoms with van der Waals surface area (Å²) >= 11 is 0. The molecule has 24 heavy (non-hydrogen) atoms. The van der Waals surface area contributed by atoms with Crippen molar-refractivity contribution in [2.24, 2.45) is 7.05 Å². The van der Waals surface area contributed by atoms with Gasteiger partial charge in [-0.25, -0.2) is 12.7 Å². The molecular formula is C16H20N4O3S. The number of aromatic nitrogens is 2. The second kappa shape index (κ2) is 6.03. The molecule has 8 heteroatoms. The van der Waals surface area contributed by atoms with E-state index in [9.17, 15) is 13.2 Å². The zero-order valence-corrected chi connectivity index (χ0v) is 14.7. The van der Waals surface area contributed by atoms with Gasteiger partial charge in [0.05, 0.1) is 4.90 Å². The van der Waals surface area contributed by atoms with Crippen molar-refractivity contribution in [3.63, 3.8) is 0 Å². The third kappa shape index (κ3) is 2.71. The van der Waals surface area contributed by atoms with Crippen LogP contribution in [0.1, 0.15) is 22.5 Å². The summed E-state index contributed by atoms with van der Waals surface area (Å²) in [6.45, 7) is 0.558. The fourth-order valence-corrected chi connectivity index (χ4v) is 3.78. The van der Waals surface area contributed by atoms with Crippen molar-refractivity contribution in [2.45, 2.75) is 17.7 Å². The Morgan fingerprint density at radius 1 is 1.25 bits per heavy atom. The second-order valence-corrected chi connectivity index (χ2v) is 8.13. The lowest BCUT2D eigenvalue weighted by Crippen LogP contribution is -2.36. The van der Waals surface area contributed by atoms with E-state index in [0.717, 1.165) is 18.4 Å². The fraction of sp³-hybridized carbons (Fsp3) is 0.375. The lowest BCUT2D eigenvalue weighted by molar-refractivity contribution is 0.0976. The van der Waals surface area contributed by atoms with E-state index in [2.05, 4.69) is 5.10 Å². The van der Waals surface area contributed by atoms with Gasteiger partial charge in [0.2, 0.25) is 10.0 Å². The maximum Gasteiger partial charge on any atom is 0.276 e. The van der Waals surface area contributed by atoms with Crippen LogP contribution in [-0.2, 0) is 23.5 Å². The van der Waals surface area contributed by atoms with E-state index >= 15 is 0 Å². The highest BCUT2D eigenvalue weighted by atomic mass is 32.2. The van der Waals surface area contributed by atoms with Crippen LogP contribution in [0, 0.1) is 0 Å². The Hall–Kier alpha value is -2.19. The first kappa shape index (κ1) is 16.7. The van der Waals surface area contributed by atoms with Crippen LogP contribution >= 0.6 is 0 Å². The van der Waals surface area contributed by atoms with Crippen molar-refractivity contribution in [1.29, 1.82) is 0 Å². The maximum atomic E-state index is 12.8. The number of carbonyl (C=O) groups is 1. The van der Waals surface area contributed by atoms with E-state index in [0.29, 0.717) is 17.9 Å². The first-order chi connectivity index (χ1) is 11.3. The highest BCUT2D eigenvalue weighted by Crippen LogP contribution is 2.31. The summed E-state index contributed by atoms with van der Waals surface area (Å²) in [5.41, 5.74) is 2.12. The van der Waals surface area contributed by atoms with Gasteiger partial charge in [0.1, 0.15) is 5.69 Å². The third-order valence-corrected chi connectivity index (χ3v) is 6.05. The van der Waals surface area contributed by atoms with Crippen molar-refractivity contribution in [3.8, 4) is 0 Å². The summed E-state index contributed by atoms with van der Waals surface area (Å²) in [4.78, 5) is 14.7. The van der Waals surface area contributed by atoms with Gasteiger partial charge in [-0.2, -0.15) is 5.10 Å². The Labute approximate surface area is 141 Å². The molecule has 0 atom stereocenters. The minimum atomic E-state index is -3.54. The first-order valence-corrected chi connectivity index (χ1v) is 9.11. The van der Waals surface area contributed by atoms with Crippen LogP contribution in [-0.4, -0.2) is 49.1 Å². The molecule has 0 aliphatic carbocycles. The number of sulfonamides is 1. The van der Waals surface area contributed by atoms with Crippen LogP contribution in [0.3, 0.4) is 0 Å². The van der Waals surface area contributed by atoms with Crippen molar-refractivity contribution in [1.82, 2.24) is 14.1 Å². The third-order valence-electron chi connectivity index (χ3n) is 4.24. The Morgan fingerprint density at radius 2 is 2.00 bits per heavy atom. The van der Waals surface area contributed by atoms with Gasteiger partial charge in [-0.3, -0.25) is 9.48 Å². The number of amides is 1. The molecule has 0 saturated carbocycles. The number of nitrogens with zero attached hydrogens (tertiary/aromatic N) is 4. The van der Waals surface area contributed by atoms with Gasteiger partial charge in [0, 0.05) is 39.6 Å². The lowest BCUT2D eigenvalue weighted by atomic mass is 10.0. The Bertz CT molecular complexity index is 886. The van der Waals surface area contributed by atoms with Crippen LogP contribution in [0.4, 0.5) is 5.69 Å². The fourth-order valence-electron chi connectivity index (χ4n) is 2.86. The van der Waals surface area contributed by atoms with Gasteiger partial charge < -0.3 is 4.90 Å². The van der Waals surface area contributed by atoms with Crippen LogP contribution in [0.15, 0.2) is 35.4 Å². The zero-order chi connectivity index (χ0) is 17.5. The van der Waals surface area contributed by atoms with E-state index in [1.165, 1.54) is 23.1 Å². The summed E-state index contributed by atoms with van der Waals surface area (Å²) < 4.78 is 27.5. The molecule has 1 aliphatic heterocycles. The summed E-state index contributed by atoms with van der Waals surface area (Å²) in [5.74, 6) is -0.171. The minimum absolute atomic E-state index is 0.171. The molecule has 128 valence electrons. The summed E-state index contributed by atoms with van der Waals surface area (Å²) in [6.07, 6.45) is 3.24. The zero-order valence-electron chi connectivity index (χ0n) is 13.9. The number of rotatable bonds is 3. The summed E-state index contributed by atoms with van der Waals surface area (Å²) in [6, 6.07) is 6.66. The average Bonchev–Trinajstić information content (AvgIpc) is 2.99. The van der Waals surface area contributed by atoms with E-state index in [1.54, 1.807) is 42.4 Å². The molecule has 1 aromatic heterocycles. The normalized spacial score (nSPS) is 14.8. The molecule has 2 heterocycles. The number of hydrogen-bond acceptors (Lipinski definition) is 4. The smallest absolute Gasteiger partial charge is 0.276 e. The van der Waals surface area contributed by atoms with Crippen molar-refractivity contribution in [2.75, 3.05) is 25.5 Å². The van der Waals surface area contributed by atoms with Gasteiger partial charge in [0.15, 0.2) is 0 Å². The van der Waals surface area contributed by atoms with Crippen LogP contribution in [0.25, 0.3) is 0 Å². The number of benzene rings is 1. The van der Waals surface area contributed by atoms with Gasteiger partial charge in [-0.05, 0) is 36.6 Å². The number of aryl methyl sites for hydroxylation is 2. The number of fused-ring (bicyclic) bond motifs is 1. The van der Waals surface area contributed by atoms with Gasteiger partial charge >= 0.3 is 0 Å². The van der Waals surface area contributed by atoms with Crippen molar-refractivity contribution < 1.29 is 13.2 Å². The number of hydrogen-bond donors (Lipinski definition) is 0. The Morgan fingerprint density at radius 3 is 2.62 bits per heavy atom. The van der Waals surface area contributed by atoms with E-state index < -0.39 is 10.0 Å². The van der Waals surface area contributed by atoms with E-state index in [1.807, 2.05) is 0 Å². The molecule has 2 aromatic rings. The molecule has 1 amide bonds. The van der Waals surface area contributed by atoms with E-state index in [4.69, 9.17) is 0 Å². The molecular weight excluding hydrogens is 328 g/mol. The van der Waals surface area contributed by atoms with Crippen LogP contribution in [0.2, 0.25) is 0 Å². The predicted molar refractivity (Wildman–Crippen MR) is 90.5 cm³/mol. The molecule has 1 aliphatic rings. The van der Waals surface area contributed by atoms with Crippen LogP contribution in [0.5, 0.6) is 0 Å².